The molecule has 142 valence electrons. The second-order valence-corrected chi connectivity index (χ2v) is 7.84. The zero-order valence-electron chi connectivity index (χ0n) is 16.2. The van der Waals surface area contributed by atoms with E-state index in [9.17, 15) is 4.79 Å². The molecule has 0 aliphatic heterocycles. The third kappa shape index (κ3) is 3.55. The lowest BCUT2D eigenvalue weighted by molar-refractivity contribution is 0.0979. The molecule has 0 bridgehead atoms. The molecule has 4 aromatic rings. The first kappa shape index (κ1) is 18.4. The van der Waals surface area contributed by atoms with Crippen LogP contribution in [0.5, 0.6) is 0 Å². The molecule has 6 heteroatoms. The summed E-state index contributed by atoms with van der Waals surface area (Å²) < 4.78 is 2.88. The predicted molar refractivity (Wildman–Crippen MR) is 114 cm³/mol. The average Bonchev–Trinajstić information content (AvgIpc) is 3.33. The van der Waals surface area contributed by atoms with Gasteiger partial charge >= 0.3 is 0 Å². The lowest BCUT2D eigenvalue weighted by Gasteiger charge is -2.19. The smallest absolute Gasteiger partial charge is 0.278 e. The third-order valence-electron chi connectivity index (χ3n) is 4.65. The van der Waals surface area contributed by atoms with Crippen LogP contribution in [0.4, 0.5) is 5.13 Å². The number of carbonyl (C=O) groups is 1. The van der Waals surface area contributed by atoms with E-state index in [1.54, 1.807) is 27.0 Å². The van der Waals surface area contributed by atoms with Gasteiger partial charge in [-0.25, -0.2) is 4.98 Å². The maximum atomic E-state index is 13.3. The van der Waals surface area contributed by atoms with Gasteiger partial charge in [-0.2, -0.15) is 5.10 Å². The standard InChI is InChI=1S/C22H22N4OS/c1-4-25-11-10-18(24-25)21(27)26(14-17-8-6-5-7-9-17)22-23-19-13-15(2)12-16(3)20(19)28-22/h5-13H,4,14H2,1-3H3. The summed E-state index contributed by atoms with van der Waals surface area (Å²) in [6, 6.07) is 16.0. The molecule has 28 heavy (non-hydrogen) atoms. The van der Waals surface area contributed by atoms with E-state index in [-0.39, 0.29) is 5.91 Å². The fourth-order valence-electron chi connectivity index (χ4n) is 3.26. The number of rotatable bonds is 5. The minimum atomic E-state index is -0.135. The number of amides is 1. The first-order valence-electron chi connectivity index (χ1n) is 9.32. The second-order valence-electron chi connectivity index (χ2n) is 6.86. The zero-order chi connectivity index (χ0) is 19.7. The number of carbonyl (C=O) groups excluding carboxylic acids is 1. The molecule has 1 amide bonds. The van der Waals surface area contributed by atoms with Gasteiger partial charge in [0.25, 0.3) is 5.91 Å². The molecule has 0 aliphatic carbocycles. The van der Waals surface area contributed by atoms with E-state index in [1.807, 2.05) is 43.5 Å². The molecule has 5 nitrogen and oxygen atoms in total. The van der Waals surface area contributed by atoms with E-state index in [4.69, 9.17) is 4.98 Å². The highest BCUT2D eigenvalue weighted by Gasteiger charge is 2.24. The highest BCUT2D eigenvalue weighted by Crippen LogP contribution is 2.33. The molecule has 0 atom stereocenters. The van der Waals surface area contributed by atoms with E-state index in [0.29, 0.717) is 17.4 Å². The van der Waals surface area contributed by atoms with Crippen molar-refractivity contribution in [1.82, 2.24) is 14.8 Å². The summed E-state index contributed by atoms with van der Waals surface area (Å²) in [5, 5.41) is 5.10. The summed E-state index contributed by atoms with van der Waals surface area (Å²) in [5.41, 5.74) is 4.77. The molecule has 0 saturated heterocycles. The molecule has 0 fully saturated rings. The van der Waals surface area contributed by atoms with Crippen LogP contribution in [0.25, 0.3) is 10.2 Å². The van der Waals surface area contributed by atoms with Gasteiger partial charge in [0, 0.05) is 12.7 Å². The van der Waals surface area contributed by atoms with Crippen molar-refractivity contribution in [3.63, 3.8) is 0 Å². The summed E-state index contributed by atoms with van der Waals surface area (Å²) >= 11 is 1.55. The Morgan fingerprint density at radius 3 is 2.64 bits per heavy atom. The first-order chi connectivity index (χ1) is 13.5. The SMILES string of the molecule is CCn1ccc(C(=O)N(Cc2ccccc2)c2nc3cc(C)cc(C)c3s2)n1. The number of hydrogen-bond acceptors (Lipinski definition) is 4. The molecular formula is C22H22N4OS. The van der Waals surface area contributed by atoms with Gasteiger partial charge in [-0.15, -0.1) is 0 Å². The van der Waals surface area contributed by atoms with E-state index >= 15 is 0 Å². The van der Waals surface area contributed by atoms with Crippen LogP contribution >= 0.6 is 11.3 Å². The molecule has 2 heterocycles. The summed E-state index contributed by atoms with van der Waals surface area (Å²) in [5.74, 6) is -0.135. The Kier molecular flexibility index (Phi) is 4.96. The molecule has 0 aliphatic rings. The Balaban J connectivity index is 1.78. The Hall–Kier alpha value is -2.99. The molecule has 0 radical (unpaired) electrons. The fourth-order valence-corrected chi connectivity index (χ4v) is 4.28. The van der Waals surface area contributed by atoms with Crippen molar-refractivity contribution in [2.75, 3.05) is 4.90 Å². The van der Waals surface area contributed by atoms with Crippen LogP contribution in [0, 0.1) is 13.8 Å². The minimum Gasteiger partial charge on any atom is -0.278 e. The first-order valence-corrected chi connectivity index (χ1v) is 10.1. The minimum absolute atomic E-state index is 0.135. The van der Waals surface area contributed by atoms with Crippen molar-refractivity contribution in [3.8, 4) is 0 Å². The van der Waals surface area contributed by atoms with Gasteiger partial charge in [0.15, 0.2) is 10.8 Å². The molecule has 4 rings (SSSR count). The number of fused-ring (bicyclic) bond motifs is 1. The second kappa shape index (κ2) is 7.56. The number of thiazole rings is 1. The van der Waals surface area contributed by atoms with Crippen LogP contribution in [0.2, 0.25) is 0 Å². The van der Waals surface area contributed by atoms with Crippen molar-refractivity contribution < 1.29 is 4.79 Å². The van der Waals surface area contributed by atoms with E-state index in [2.05, 4.69) is 31.1 Å². The summed E-state index contributed by atoms with van der Waals surface area (Å²) in [7, 11) is 0. The van der Waals surface area contributed by atoms with Gasteiger partial charge in [0.05, 0.1) is 16.8 Å². The van der Waals surface area contributed by atoms with Crippen LogP contribution in [-0.4, -0.2) is 20.7 Å². The molecule has 2 aromatic carbocycles. The zero-order valence-corrected chi connectivity index (χ0v) is 17.0. The largest absolute Gasteiger partial charge is 0.280 e. The lowest BCUT2D eigenvalue weighted by Crippen LogP contribution is -2.30. The maximum Gasteiger partial charge on any atom is 0.280 e. The Labute approximate surface area is 168 Å². The Bertz CT molecular complexity index is 1130. The van der Waals surface area contributed by atoms with Crippen molar-refractivity contribution in [2.45, 2.75) is 33.9 Å². The van der Waals surface area contributed by atoms with E-state index in [0.717, 1.165) is 22.3 Å². The Morgan fingerprint density at radius 2 is 1.93 bits per heavy atom. The van der Waals surface area contributed by atoms with Crippen molar-refractivity contribution >= 4 is 32.6 Å². The summed E-state index contributed by atoms with van der Waals surface area (Å²) in [6.07, 6.45) is 1.83. The number of hydrogen-bond donors (Lipinski definition) is 0. The van der Waals surface area contributed by atoms with Gasteiger partial charge in [0.2, 0.25) is 0 Å². The van der Waals surface area contributed by atoms with E-state index in [1.165, 1.54) is 11.1 Å². The number of nitrogens with zero attached hydrogens (tertiary/aromatic N) is 4. The predicted octanol–water partition coefficient (Wildman–Crippen LogP) is 4.98. The van der Waals surface area contributed by atoms with Gasteiger partial charge < -0.3 is 0 Å². The van der Waals surface area contributed by atoms with Crippen LogP contribution < -0.4 is 4.90 Å². The van der Waals surface area contributed by atoms with Crippen LogP contribution in [0.3, 0.4) is 0 Å². The van der Waals surface area contributed by atoms with Gasteiger partial charge in [-0.05, 0) is 49.6 Å². The van der Waals surface area contributed by atoms with Gasteiger partial charge in [-0.1, -0.05) is 47.7 Å². The number of benzene rings is 2. The monoisotopic (exact) mass is 390 g/mol. The quantitative estimate of drug-likeness (QED) is 0.483. The van der Waals surface area contributed by atoms with Crippen molar-refractivity contribution in [3.05, 3.63) is 77.1 Å². The topological polar surface area (TPSA) is 51.0 Å². The molecule has 0 unspecified atom stereocenters. The van der Waals surface area contributed by atoms with Crippen LogP contribution in [0.15, 0.2) is 54.7 Å². The highest BCUT2D eigenvalue weighted by atomic mass is 32.1. The van der Waals surface area contributed by atoms with Crippen LogP contribution in [-0.2, 0) is 13.1 Å². The summed E-state index contributed by atoms with van der Waals surface area (Å²) in [4.78, 5) is 19.9. The molecule has 0 N–H and O–H groups in total. The Morgan fingerprint density at radius 1 is 1.14 bits per heavy atom. The van der Waals surface area contributed by atoms with Crippen molar-refractivity contribution in [1.29, 1.82) is 0 Å². The number of aromatic nitrogens is 3. The average molecular weight is 391 g/mol. The molecule has 0 spiro atoms. The molecule has 2 aromatic heterocycles. The van der Waals surface area contributed by atoms with Crippen molar-refractivity contribution in [2.24, 2.45) is 0 Å². The fraction of sp³-hybridized carbons (Fsp3) is 0.227. The van der Waals surface area contributed by atoms with Crippen LogP contribution in [0.1, 0.15) is 34.1 Å². The lowest BCUT2D eigenvalue weighted by atomic mass is 10.1. The molecular weight excluding hydrogens is 368 g/mol. The molecule has 0 saturated carbocycles. The van der Waals surface area contributed by atoms with E-state index < -0.39 is 0 Å². The number of anilines is 1. The maximum absolute atomic E-state index is 13.3. The summed E-state index contributed by atoms with van der Waals surface area (Å²) in [6.45, 7) is 7.34. The number of aryl methyl sites for hydroxylation is 3. The van der Waals surface area contributed by atoms with Gasteiger partial charge in [0.1, 0.15) is 0 Å². The normalized spacial score (nSPS) is 11.1. The highest BCUT2D eigenvalue weighted by molar-refractivity contribution is 7.22. The third-order valence-corrected chi connectivity index (χ3v) is 5.88. The van der Waals surface area contributed by atoms with Gasteiger partial charge in [-0.3, -0.25) is 14.4 Å².